The Balaban J connectivity index is 1.50. The van der Waals surface area contributed by atoms with E-state index in [0.717, 1.165) is 44.6 Å². The number of piperidine rings is 1. The highest BCUT2D eigenvalue weighted by atomic mass is 32.1. The van der Waals surface area contributed by atoms with Gasteiger partial charge in [-0.05, 0) is 31.5 Å². The van der Waals surface area contributed by atoms with Crippen molar-refractivity contribution >= 4 is 17.2 Å². The van der Waals surface area contributed by atoms with E-state index < -0.39 is 0 Å². The fourth-order valence-corrected chi connectivity index (χ4v) is 4.02. The molecule has 1 aliphatic rings. The summed E-state index contributed by atoms with van der Waals surface area (Å²) in [5, 5.41) is 3.35. The van der Waals surface area contributed by atoms with Gasteiger partial charge in [0.25, 0.3) is 0 Å². The zero-order valence-electron chi connectivity index (χ0n) is 14.4. The normalized spacial score (nSPS) is 16.2. The molecule has 0 spiro atoms. The molecule has 0 radical (unpaired) electrons. The number of rotatable bonds is 5. The van der Waals surface area contributed by atoms with Crippen molar-refractivity contribution in [3.63, 3.8) is 0 Å². The lowest BCUT2D eigenvalue weighted by Gasteiger charge is -2.31. The minimum Gasteiger partial charge on any atom is -0.349 e. The Bertz CT molecular complexity index is 660. The number of likely N-dealkylation sites (tertiary alicyclic amines) is 1. The Morgan fingerprint density at radius 3 is 2.62 bits per heavy atom. The molecule has 128 valence electrons. The standard InChI is InChI=1S/C19H25N3OS/c1-21(2)19(23)16-8-10-22(11-9-16)13-17-14-24-18(20-17)12-15-6-4-3-5-7-15/h3-7,14,16H,8-13H2,1-2H3. The topological polar surface area (TPSA) is 36.4 Å². The van der Waals surface area contributed by atoms with E-state index in [2.05, 4.69) is 34.5 Å². The summed E-state index contributed by atoms with van der Waals surface area (Å²) in [5.41, 5.74) is 2.46. The number of hydrogen-bond donors (Lipinski definition) is 0. The highest BCUT2D eigenvalue weighted by Gasteiger charge is 2.26. The molecule has 1 aromatic heterocycles. The predicted octanol–water partition coefficient (Wildman–Crippen LogP) is 3.03. The van der Waals surface area contributed by atoms with E-state index in [1.165, 1.54) is 10.6 Å². The summed E-state index contributed by atoms with van der Waals surface area (Å²) in [5.74, 6) is 0.466. The molecule has 1 aromatic carbocycles. The van der Waals surface area contributed by atoms with Crippen LogP contribution in [0.4, 0.5) is 0 Å². The third-order valence-corrected chi connectivity index (χ3v) is 5.46. The van der Waals surface area contributed by atoms with Gasteiger partial charge in [0.15, 0.2) is 0 Å². The molecular weight excluding hydrogens is 318 g/mol. The van der Waals surface area contributed by atoms with Gasteiger partial charge in [0, 0.05) is 38.4 Å². The Hall–Kier alpha value is -1.72. The molecule has 1 fully saturated rings. The molecule has 1 saturated heterocycles. The summed E-state index contributed by atoms with van der Waals surface area (Å²) in [7, 11) is 3.69. The first kappa shape index (κ1) is 17.1. The van der Waals surface area contributed by atoms with Crippen LogP contribution in [0, 0.1) is 5.92 Å². The van der Waals surface area contributed by atoms with Gasteiger partial charge in [0.05, 0.1) is 10.7 Å². The van der Waals surface area contributed by atoms with Crippen LogP contribution in [-0.2, 0) is 17.8 Å². The molecule has 2 aromatic rings. The number of carbonyl (C=O) groups is 1. The smallest absolute Gasteiger partial charge is 0.225 e. The van der Waals surface area contributed by atoms with E-state index in [-0.39, 0.29) is 11.8 Å². The fraction of sp³-hybridized carbons (Fsp3) is 0.474. The fourth-order valence-electron chi connectivity index (χ4n) is 3.21. The molecule has 3 rings (SSSR count). The summed E-state index contributed by atoms with van der Waals surface area (Å²) < 4.78 is 0. The van der Waals surface area contributed by atoms with E-state index >= 15 is 0 Å². The number of hydrogen-bond acceptors (Lipinski definition) is 4. The third kappa shape index (κ3) is 4.42. The van der Waals surface area contributed by atoms with Crippen LogP contribution in [0.3, 0.4) is 0 Å². The van der Waals surface area contributed by atoms with Crippen LogP contribution in [0.25, 0.3) is 0 Å². The van der Waals surface area contributed by atoms with Gasteiger partial charge in [-0.25, -0.2) is 4.98 Å². The van der Waals surface area contributed by atoms with Gasteiger partial charge in [-0.3, -0.25) is 9.69 Å². The Morgan fingerprint density at radius 1 is 1.25 bits per heavy atom. The maximum absolute atomic E-state index is 12.0. The van der Waals surface area contributed by atoms with Gasteiger partial charge in [-0.15, -0.1) is 11.3 Å². The first-order valence-corrected chi connectivity index (χ1v) is 9.40. The minimum atomic E-state index is 0.195. The third-order valence-electron chi connectivity index (χ3n) is 4.56. The van der Waals surface area contributed by atoms with Crippen LogP contribution in [0.1, 0.15) is 29.1 Å². The molecule has 0 unspecified atom stereocenters. The lowest BCUT2D eigenvalue weighted by molar-refractivity contribution is -0.134. The molecule has 5 heteroatoms. The second-order valence-electron chi connectivity index (χ2n) is 6.68. The highest BCUT2D eigenvalue weighted by molar-refractivity contribution is 7.09. The number of nitrogens with zero attached hydrogens (tertiary/aromatic N) is 3. The Morgan fingerprint density at radius 2 is 1.96 bits per heavy atom. The van der Waals surface area contributed by atoms with Crippen molar-refractivity contribution in [3.8, 4) is 0 Å². The van der Waals surface area contributed by atoms with Crippen molar-refractivity contribution < 1.29 is 4.79 Å². The highest BCUT2D eigenvalue weighted by Crippen LogP contribution is 2.22. The first-order valence-electron chi connectivity index (χ1n) is 8.52. The number of thiazole rings is 1. The molecule has 4 nitrogen and oxygen atoms in total. The molecule has 24 heavy (non-hydrogen) atoms. The maximum atomic E-state index is 12.0. The quantitative estimate of drug-likeness (QED) is 0.837. The Kier molecular flexibility index (Phi) is 5.63. The summed E-state index contributed by atoms with van der Waals surface area (Å²) in [6.45, 7) is 2.86. The van der Waals surface area contributed by atoms with Crippen molar-refractivity contribution in [2.45, 2.75) is 25.8 Å². The van der Waals surface area contributed by atoms with E-state index in [1.807, 2.05) is 20.2 Å². The summed E-state index contributed by atoms with van der Waals surface area (Å²) in [6, 6.07) is 10.5. The molecule has 1 aliphatic heterocycles. The van der Waals surface area contributed by atoms with Crippen LogP contribution in [0.2, 0.25) is 0 Å². The van der Waals surface area contributed by atoms with Crippen molar-refractivity contribution in [2.24, 2.45) is 5.92 Å². The van der Waals surface area contributed by atoms with Gasteiger partial charge in [-0.2, -0.15) is 0 Å². The van der Waals surface area contributed by atoms with Crippen LogP contribution in [0.15, 0.2) is 35.7 Å². The lowest BCUT2D eigenvalue weighted by atomic mass is 9.95. The number of carbonyl (C=O) groups excluding carboxylic acids is 1. The number of amides is 1. The van der Waals surface area contributed by atoms with Crippen molar-refractivity contribution in [2.75, 3.05) is 27.2 Å². The van der Waals surface area contributed by atoms with Crippen molar-refractivity contribution in [3.05, 3.63) is 52.0 Å². The zero-order chi connectivity index (χ0) is 16.9. The van der Waals surface area contributed by atoms with E-state index in [1.54, 1.807) is 16.2 Å². The maximum Gasteiger partial charge on any atom is 0.225 e. The van der Waals surface area contributed by atoms with E-state index in [9.17, 15) is 4.79 Å². The number of benzene rings is 1. The van der Waals surface area contributed by atoms with Crippen LogP contribution in [-0.4, -0.2) is 47.9 Å². The van der Waals surface area contributed by atoms with E-state index in [0.29, 0.717) is 0 Å². The van der Waals surface area contributed by atoms with E-state index in [4.69, 9.17) is 4.98 Å². The summed E-state index contributed by atoms with van der Waals surface area (Å²) in [6.07, 6.45) is 2.82. The van der Waals surface area contributed by atoms with Crippen LogP contribution in [0.5, 0.6) is 0 Å². The monoisotopic (exact) mass is 343 g/mol. The largest absolute Gasteiger partial charge is 0.349 e. The molecule has 0 atom stereocenters. The Labute approximate surface area is 148 Å². The van der Waals surface area contributed by atoms with Crippen molar-refractivity contribution in [1.82, 2.24) is 14.8 Å². The summed E-state index contributed by atoms with van der Waals surface area (Å²) >= 11 is 1.74. The molecule has 0 aliphatic carbocycles. The summed E-state index contributed by atoms with van der Waals surface area (Å²) in [4.78, 5) is 21.0. The zero-order valence-corrected chi connectivity index (χ0v) is 15.3. The lowest BCUT2D eigenvalue weighted by Crippen LogP contribution is -2.39. The van der Waals surface area contributed by atoms with Gasteiger partial charge in [0.2, 0.25) is 5.91 Å². The molecule has 1 amide bonds. The molecule has 0 bridgehead atoms. The minimum absolute atomic E-state index is 0.195. The van der Waals surface area contributed by atoms with Crippen molar-refractivity contribution in [1.29, 1.82) is 0 Å². The average molecular weight is 343 g/mol. The van der Waals surface area contributed by atoms with Crippen LogP contribution >= 0.6 is 11.3 Å². The molecule has 2 heterocycles. The number of aromatic nitrogens is 1. The van der Waals surface area contributed by atoms with Gasteiger partial charge in [-0.1, -0.05) is 30.3 Å². The second kappa shape index (κ2) is 7.90. The van der Waals surface area contributed by atoms with Gasteiger partial charge < -0.3 is 4.90 Å². The van der Waals surface area contributed by atoms with Gasteiger partial charge in [0.1, 0.15) is 0 Å². The van der Waals surface area contributed by atoms with Crippen LogP contribution < -0.4 is 0 Å². The molecule has 0 saturated carbocycles. The second-order valence-corrected chi connectivity index (χ2v) is 7.62. The predicted molar refractivity (Wildman–Crippen MR) is 98.1 cm³/mol. The molecular formula is C19H25N3OS. The molecule has 0 N–H and O–H groups in total. The average Bonchev–Trinajstić information content (AvgIpc) is 3.02. The van der Waals surface area contributed by atoms with Gasteiger partial charge >= 0.3 is 0 Å². The first-order chi connectivity index (χ1) is 11.6. The SMILES string of the molecule is CN(C)C(=O)C1CCN(Cc2csc(Cc3ccccc3)n2)CC1.